The lowest BCUT2D eigenvalue weighted by molar-refractivity contribution is 0.159. The third kappa shape index (κ3) is 4.31. The summed E-state index contributed by atoms with van der Waals surface area (Å²) in [6, 6.07) is 6.82. The first-order chi connectivity index (χ1) is 13.0. The van der Waals surface area contributed by atoms with Gasteiger partial charge in [-0.25, -0.2) is 18.2 Å². The fourth-order valence-corrected chi connectivity index (χ4v) is 5.18. The van der Waals surface area contributed by atoms with Gasteiger partial charge in [0.1, 0.15) is 6.61 Å². The normalized spacial score (nSPS) is 14.8. The quantitative estimate of drug-likeness (QED) is 0.670. The van der Waals surface area contributed by atoms with Crippen LogP contribution in [0.4, 0.5) is 4.79 Å². The molecule has 1 aromatic carbocycles. The fourth-order valence-electron chi connectivity index (χ4n) is 2.93. The van der Waals surface area contributed by atoms with Crippen molar-refractivity contribution in [2.45, 2.75) is 25.2 Å². The van der Waals surface area contributed by atoms with Crippen LogP contribution in [0.25, 0.3) is 11.3 Å². The fraction of sp³-hybridized carbons (Fsp3) is 0.444. The molecule has 1 amide bonds. The molecular formula is C18H23N3O4S2. The summed E-state index contributed by atoms with van der Waals surface area (Å²) in [5.74, 6) is 0. The summed E-state index contributed by atoms with van der Waals surface area (Å²) in [6.07, 6.45) is 0.408. The summed E-state index contributed by atoms with van der Waals surface area (Å²) >= 11 is 1.53. The van der Waals surface area contributed by atoms with Crippen LogP contribution in [0.1, 0.15) is 18.9 Å². The molecule has 7 nitrogen and oxygen atoms in total. The maximum absolute atomic E-state index is 12.6. The molecule has 0 atom stereocenters. The molecule has 1 aliphatic heterocycles. The molecule has 0 N–H and O–H groups in total. The third-order valence-electron chi connectivity index (χ3n) is 4.49. The predicted molar refractivity (Wildman–Crippen MR) is 104 cm³/mol. The average molecular weight is 410 g/mol. The number of sulfonamides is 1. The summed E-state index contributed by atoms with van der Waals surface area (Å²) < 4.78 is 31.5. The van der Waals surface area contributed by atoms with Crippen molar-refractivity contribution < 1.29 is 17.9 Å². The minimum atomic E-state index is -3.45. The van der Waals surface area contributed by atoms with Gasteiger partial charge in [-0.2, -0.15) is 4.31 Å². The predicted octanol–water partition coefficient (Wildman–Crippen LogP) is 2.84. The Labute approximate surface area is 163 Å². The minimum Gasteiger partial charge on any atom is -0.448 e. The van der Waals surface area contributed by atoms with Crippen molar-refractivity contribution in [1.82, 2.24) is 14.2 Å². The highest BCUT2D eigenvalue weighted by atomic mass is 32.2. The Kier molecular flexibility index (Phi) is 6.13. The third-order valence-corrected chi connectivity index (χ3v) is 7.46. The van der Waals surface area contributed by atoms with E-state index in [-0.39, 0.29) is 11.0 Å². The van der Waals surface area contributed by atoms with E-state index in [4.69, 9.17) is 4.74 Å². The molecule has 1 fully saturated rings. The number of hydrogen-bond donors (Lipinski definition) is 0. The second kappa shape index (κ2) is 8.37. The Hall–Kier alpha value is -1.97. The number of carbonyl (C=O) groups is 1. The Balaban J connectivity index is 1.69. The van der Waals surface area contributed by atoms with E-state index in [9.17, 15) is 13.2 Å². The van der Waals surface area contributed by atoms with Crippen LogP contribution in [-0.2, 0) is 21.2 Å². The van der Waals surface area contributed by atoms with Crippen molar-refractivity contribution in [1.29, 1.82) is 0 Å². The van der Waals surface area contributed by atoms with Crippen molar-refractivity contribution in [3.63, 3.8) is 0 Å². The lowest BCUT2D eigenvalue weighted by Crippen LogP contribution is -2.30. The molecule has 1 saturated heterocycles. The largest absolute Gasteiger partial charge is 0.448 e. The number of ether oxygens (including phenoxy) is 1. The number of benzene rings is 1. The standard InChI is InChI=1S/C18H23N3O4S2/c1-3-21(4-2)27(23,24)15-7-5-14(6-8-15)16-13-26-17(19-16)9-10-20-11-12-25-18(20)22/h5-8,13H,3-4,9-12H2,1-2H3. The zero-order chi connectivity index (χ0) is 19.4. The second-order valence-electron chi connectivity index (χ2n) is 6.09. The van der Waals surface area contributed by atoms with Crippen molar-refractivity contribution in [3.05, 3.63) is 34.7 Å². The van der Waals surface area contributed by atoms with Gasteiger partial charge in [-0.05, 0) is 12.1 Å². The van der Waals surface area contributed by atoms with Gasteiger partial charge in [0.15, 0.2) is 0 Å². The van der Waals surface area contributed by atoms with Crippen LogP contribution in [0.3, 0.4) is 0 Å². The Morgan fingerprint density at radius 3 is 2.52 bits per heavy atom. The van der Waals surface area contributed by atoms with Crippen LogP contribution in [0.2, 0.25) is 0 Å². The summed E-state index contributed by atoms with van der Waals surface area (Å²) in [4.78, 5) is 18.0. The van der Waals surface area contributed by atoms with Gasteiger partial charge in [0.05, 0.1) is 22.1 Å². The number of carbonyl (C=O) groups excluding carboxylic acids is 1. The molecule has 146 valence electrons. The molecule has 2 aromatic rings. The van der Waals surface area contributed by atoms with Gasteiger partial charge < -0.3 is 9.64 Å². The molecule has 0 spiro atoms. The summed E-state index contributed by atoms with van der Waals surface area (Å²) in [6.45, 7) is 6.21. The Bertz CT molecular complexity index is 890. The number of aromatic nitrogens is 1. The zero-order valence-electron chi connectivity index (χ0n) is 15.4. The molecule has 27 heavy (non-hydrogen) atoms. The lowest BCUT2D eigenvalue weighted by atomic mass is 10.2. The van der Waals surface area contributed by atoms with Gasteiger partial charge in [-0.3, -0.25) is 0 Å². The van der Waals surface area contributed by atoms with E-state index in [1.165, 1.54) is 15.6 Å². The first kappa shape index (κ1) is 19.8. The van der Waals surface area contributed by atoms with Gasteiger partial charge in [0.2, 0.25) is 10.0 Å². The van der Waals surface area contributed by atoms with E-state index in [0.29, 0.717) is 39.2 Å². The van der Waals surface area contributed by atoms with E-state index < -0.39 is 10.0 Å². The summed E-state index contributed by atoms with van der Waals surface area (Å²) in [7, 11) is -3.45. The van der Waals surface area contributed by atoms with Crippen LogP contribution >= 0.6 is 11.3 Å². The highest BCUT2D eigenvalue weighted by Gasteiger charge is 2.22. The zero-order valence-corrected chi connectivity index (χ0v) is 17.1. The van der Waals surface area contributed by atoms with E-state index in [2.05, 4.69) is 4.98 Å². The number of thiazole rings is 1. The first-order valence-corrected chi connectivity index (χ1v) is 11.2. The monoisotopic (exact) mass is 409 g/mol. The van der Waals surface area contributed by atoms with E-state index >= 15 is 0 Å². The minimum absolute atomic E-state index is 0.267. The number of amides is 1. The summed E-state index contributed by atoms with van der Waals surface area (Å²) in [5, 5.41) is 2.88. The molecule has 0 unspecified atom stereocenters. The molecule has 0 bridgehead atoms. The molecule has 1 aliphatic rings. The Morgan fingerprint density at radius 1 is 1.22 bits per heavy atom. The smallest absolute Gasteiger partial charge is 0.409 e. The molecule has 0 aliphatic carbocycles. The van der Waals surface area contributed by atoms with Crippen LogP contribution in [0, 0.1) is 0 Å². The van der Waals surface area contributed by atoms with Gasteiger partial charge in [-0.15, -0.1) is 11.3 Å². The average Bonchev–Trinajstić information content (AvgIpc) is 3.30. The van der Waals surface area contributed by atoms with Crippen LogP contribution < -0.4 is 0 Å². The van der Waals surface area contributed by atoms with Crippen molar-refractivity contribution in [3.8, 4) is 11.3 Å². The lowest BCUT2D eigenvalue weighted by Gasteiger charge is -2.18. The molecule has 0 saturated carbocycles. The van der Waals surface area contributed by atoms with Gasteiger partial charge >= 0.3 is 6.09 Å². The van der Waals surface area contributed by atoms with E-state index in [0.717, 1.165) is 16.3 Å². The number of cyclic esters (lactones) is 1. The molecule has 1 aromatic heterocycles. The number of rotatable bonds is 8. The van der Waals surface area contributed by atoms with Crippen LogP contribution in [0.5, 0.6) is 0 Å². The molecular weight excluding hydrogens is 386 g/mol. The highest BCUT2D eigenvalue weighted by Crippen LogP contribution is 2.25. The van der Waals surface area contributed by atoms with Crippen LogP contribution in [-0.4, -0.2) is 61.5 Å². The van der Waals surface area contributed by atoms with Crippen molar-refractivity contribution in [2.75, 3.05) is 32.8 Å². The topological polar surface area (TPSA) is 79.8 Å². The van der Waals surface area contributed by atoms with Gasteiger partial charge in [0.25, 0.3) is 0 Å². The second-order valence-corrected chi connectivity index (χ2v) is 8.97. The molecule has 3 rings (SSSR count). The van der Waals surface area contributed by atoms with Crippen molar-refractivity contribution >= 4 is 27.5 Å². The van der Waals surface area contributed by atoms with E-state index in [1.807, 2.05) is 19.2 Å². The van der Waals surface area contributed by atoms with Crippen molar-refractivity contribution in [2.24, 2.45) is 0 Å². The number of nitrogens with zero attached hydrogens (tertiary/aromatic N) is 3. The Morgan fingerprint density at radius 2 is 1.93 bits per heavy atom. The maximum Gasteiger partial charge on any atom is 0.409 e. The maximum atomic E-state index is 12.6. The van der Waals surface area contributed by atoms with Gasteiger partial charge in [-0.1, -0.05) is 26.0 Å². The number of hydrogen-bond acceptors (Lipinski definition) is 6. The van der Waals surface area contributed by atoms with E-state index in [1.54, 1.807) is 29.2 Å². The molecule has 0 radical (unpaired) electrons. The van der Waals surface area contributed by atoms with Gasteiger partial charge in [0, 0.05) is 37.0 Å². The molecule has 9 heteroatoms. The SMILES string of the molecule is CCN(CC)S(=O)(=O)c1ccc(-c2csc(CCN3CCOC3=O)n2)cc1. The van der Waals surface area contributed by atoms with Crippen LogP contribution in [0.15, 0.2) is 34.5 Å². The summed E-state index contributed by atoms with van der Waals surface area (Å²) in [5.41, 5.74) is 1.68. The first-order valence-electron chi connectivity index (χ1n) is 8.92. The molecule has 2 heterocycles. The highest BCUT2D eigenvalue weighted by molar-refractivity contribution is 7.89.